The number of phenols is 1. The van der Waals surface area contributed by atoms with Crippen LogP contribution in [-0.2, 0) is 26.7 Å². The molecule has 57 heavy (non-hydrogen) atoms. The van der Waals surface area contributed by atoms with Crippen molar-refractivity contribution in [3.05, 3.63) is 140 Å². The molecule has 0 saturated carbocycles. The van der Waals surface area contributed by atoms with E-state index in [2.05, 4.69) is 0 Å². The van der Waals surface area contributed by atoms with E-state index in [0.29, 0.717) is 28.5 Å². The first-order valence-corrected chi connectivity index (χ1v) is 22.3. The van der Waals surface area contributed by atoms with Crippen LogP contribution in [0.4, 0.5) is 22.7 Å². The molecule has 5 aromatic rings. The van der Waals surface area contributed by atoms with Crippen molar-refractivity contribution >= 4 is 101 Å². The fraction of sp³-hybridized carbons (Fsp3) is 0.179. The highest BCUT2D eigenvalue weighted by atomic mass is 35.5. The van der Waals surface area contributed by atoms with Gasteiger partial charge in [0, 0.05) is 24.2 Å². The number of rotatable bonds is 7. The van der Waals surface area contributed by atoms with Gasteiger partial charge in [-0.1, -0.05) is 101 Å². The second-order valence-corrected chi connectivity index (χ2v) is 18.3. The van der Waals surface area contributed by atoms with Gasteiger partial charge < -0.3 is 19.6 Å². The monoisotopic (exact) mass is 890 g/mol. The Morgan fingerprint density at radius 2 is 0.947 bits per heavy atom. The van der Waals surface area contributed by atoms with Crippen LogP contribution in [0.3, 0.4) is 0 Å². The summed E-state index contributed by atoms with van der Waals surface area (Å²) in [6.45, 7) is 0.959. The predicted molar refractivity (Wildman–Crippen MR) is 226 cm³/mol. The second kappa shape index (κ2) is 17.0. The Morgan fingerprint density at radius 3 is 1.35 bits per heavy atom. The molecule has 2 aliphatic heterocycles. The number of benzene rings is 5. The molecule has 0 atom stereocenters. The van der Waals surface area contributed by atoms with Crippen molar-refractivity contribution in [1.29, 1.82) is 0 Å². The number of nitrogens with zero attached hydrogens (tertiary/aromatic N) is 4. The van der Waals surface area contributed by atoms with Gasteiger partial charge >= 0.3 is 0 Å². The highest BCUT2D eigenvalue weighted by Gasteiger charge is 2.33. The largest absolute Gasteiger partial charge is 0.505 e. The fourth-order valence-corrected chi connectivity index (χ4v) is 9.27. The lowest BCUT2D eigenvalue weighted by atomic mass is 10.1. The molecule has 0 radical (unpaired) electrons. The molecule has 0 saturated heterocycles. The molecule has 0 spiro atoms. The molecule has 18 heteroatoms. The number of hydrogen-bond acceptors (Lipinski definition) is 8. The van der Waals surface area contributed by atoms with Gasteiger partial charge in [0.15, 0.2) is 11.5 Å². The minimum absolute atomic E-state index is 0.0288. The summed E-state index contributed by atoms with van der Waals surface area (Å²) in [6.07, 6.45) is 2.27. The van der Waals surface area contributed by atoms with E-state index < -0.39 is 20.0 Å². The number of phenolic OH excluding ortho intramolecular Hbond substituents is 1. The normalized spacial score (nSPS) is 13.9. The second-order valence-electron chi connectivity index (χ2n) is 12.9. The van der Waals surface area contributed by atoms with E-state index >= 15 is 0 Å². The number of carbonyl (C=O) groups is 2. The van der Waals surface area contributed by atoms with E-state index in [4.69, 9.17) is 51.1 Å². The first-order valence-electron chi connectivity index (χ1n) is 17.1. The van der Waals surface area contributed by atoms with Crippen LogP contribution in [0.1, 0.15) is 26.3 Å². The molecule has 298 valence electrons. The predicted octanol–water partition coefficient (Wildman–Crippen LogP) is 8.12. The van der Waals surface area contributed by atoms with Gasteiger partial charge in [0.2, 0.25) is 20.0 Å². The van der Waals surface area contributed by atoms with E-state index in [9.17, 15) is 31.5 Å². The lowest BCUT2D eigenvalue weighted by Crippen LogP contribution is -2.46. The standard InChI is InChI=1S/C23H20Cl2N2O4S.C16H14Cl2N2O4S/c1-32(29,30)27-12-11-26(20-9-5-6-10-21(20)27)23(28)17-13-18(24)22(19(25)14-17)31-15-16-7-3-2-4-8-16;1-25(23,24)20-7-6-19(13-4-2-3-5-14(13)20)16(22)10-8-11(17)15(21)12(18)9-10/h2-10,13-14H,11-12,15H2,1H3;2-5,8-9,21H,6-7H2,1H3. The number of ether oxygens (including phenoxy) is 1. The molecule has 0 aliphatic carbocycles. The molecule has 1 N–H and O–H groups in total. The summed E-state index contributed by atoms with van der Waals surface area (Å²) in [5.41, 5.74) is 3.32. The molecule has 7 rings (SSSR count). The zero-order valence-electron chi connectivity index (χ0n) is 30.3. The van der Waals surface area contributed by atoms with Gasteiger partial charge in [0.25, 0.3) is 11.8 Å². The Morgan fingerprint density at radius 1 is 0.579 bits per heavy atom. The maximum atomic E-state index is 13.3. The molecule has 0 aromatic heterocycles. The summed E-state index contributed by atoms with van der Waals surface area (Å²) in [7, 11) is -6.92. The molecule has 5 aromatic carbocycles. The summed E-state index contributed by atoms with van der Waals surface area (Å²) >= 11 is 24.6. The summed E-state index contributed by atoms with van der Waals surface area (Å²) in [5.74, 6) is -0.702. The average molecular weight is 893 g/mol. The number of sulfonamides is 2. The van der Waals surface area contributed by atoms with Crippen LogP contribution in [0.25, 0.3) is 0 Å². The Bertz CT molecular complexity index is 2530. The number of carbonyl (C=O) groups excluding carboxylic acids is 2. The maximum absolute atomic E-state index is 13.3. The van der Waals surface area contributed by atoms with Crippen LogP contribution in [0, 0.1) is 0 Å². The average Bonchev–Trinajstić information content (AvgIpc) is 3.17. The van der Waals surface area contributed by atoms with E-state index in [1.165, 1.54) is 42.7 Å². The quantitative estimate of drug-likeness (QED) is 0.173. The molecule has 0 unspecified atom stereocenters. The zero-order chi connectivity index (χ0) is 41.2. The molecule has 0 bridgehead atoms. The van der Waals surface area contributed by atoms with Crippen LogP contribution in [0.5, 0.6) is 11.5 Å². The molecule has 12 nitrogen and oxygen atoms in total. The van der Waals surface area contributed by atoms with Gasteiger partial charge in [-0.2, -0.15) is 0 Å². The van der Waals surface area contributed by atoms with E-state index in [0.717, 1.165) is 18.1 Å². The molecular weight excluding hydrogens is 858 g/mol. The van der Waals surface area contributed by atoms with Gasteiger partial charge in [-0.3, -0.25) is 18.2 Å². The van der Waals surface area contributed by atoms with E-state index in [-0.39, 0.29) is 81.6 Å². The first kappa shape index (κ1) is 41.9. The number of fused-ring (bicyclic) bond motifs is 2. The lowest BCUT2D eigenvalue weighted by Gasteiger charge is -2.36. The van der Waals surface area contributed by atoms with Gasteiger partial charge in [-0.15, -0.1) is 0 Å². The lowest BCUT2D eigenvalue weighted by molar-refractivity contribution is 0.0979. The van der Waals surface area contributed by atoms with Crippen molar-refractivity contribution in [3.8, 4) is 11.5 Å². The van der Waals surface area contributed by atoms with Gasteiger partial charge in [0.05, 0.1) is 68.4 Å². The van der Waals surface area contributed by atoms with Crippen LogP contribution >= 0.6 is 46.4 Å². The highest BCUT2D eigenvalue weighted by molar-refractivity contribution is 7.92. The topological polar surface area (TPSA) is 145 Å². The zero-order valence-corrected chi connectivity index (χ0v) is 34.9. The Hall–Kier alpha value is -4.70. The van der Waals surface area contributed by atoms with E-state index in [1.807, 2.05) is 30.3 Å². The van der Waals surface area contributed by atoms with Crippen molar-refractivity contribution in [2.24, 2.45) is 0 Å². The number of amides is 2. The summed E-state index contributed by atoms with van der Waals surface area (Å²) in [4.78, 5) is 29.2. The van der Waals surface area contributed by atoms with Crippen LogP contribution in [0.2, 0.25) is 20.1 Å². The smallest absolute Gasteiger partial charge is 0.258 e. The van der Waals surface area contributed by atoms with Crippen LogP contribution in [-0.4, -0.2) is 72.4 Å². The third-order valence-corrected chi connectivity index (χ3v) is 12.5. The Kier molecular flexibility index (Phi) is 12.5. The number of aromatic hydroxyl groups is 1. The minimum Gasteiger partial charge on any atom is -0.505 e. The van der Waals surface area contributed by atoms with Crippen LogP contribution < -0.4 is 23.1 Å². The number of anilines is 4. The number of para-hydroxylation sites is 4. The number of halogens is 4. The third kappa shape index (κ3) is 9.22. The summed E-state index contributed by atoms with van der Waals surface area (Å²) in [6, 6.07) is 28.9. The summed E-state index contributed by atoms with van der Waals surface area (Å²) in [5, 5.41) is 10.0. The van der Waals surface area contributed by atoms with E-state index in [1.54, 1.807) is 48.5 Å². The fourth-order valence-electron chi connectivity index (χ4n) is 6.33. The molecule has 0 fully saturated rings. The highest BCUT2D eigenvalue weighted by Crippen LogP contribution is 2.40. The maximum Gasteiger partial charge on any atom is 0.258 e. The first-order chi connectivity index (χ1) is 27.0. The van der Waals surface area contributed by atoms with Crippen molar-refractivity contribution in [1.82, 2.24) is 0 Å². The molecular formula is C39H34Cl4N4O8S2. The minimum atomic E-state index is -3.46. The van der Waals surface area contributed by atoms with Gasteiger partial charge in [-0.25, -0.2) is 16.8 Å². The summed E-state index contributed by atoms with van der Waals surface area (Å²) < 4.78 is 56.6. The molecule has 2 heterocycles. The van der Waals surface area contributed by atoms with Crippen LogP contribution in [0.15, 0.2) is 103 Å². The van der Waals surface area contributed by atoms with Crippen molar-refractivity contribution < 1.29 is 36.3 Å². The Labute approximate surface area is 350 Å². The van der Waals surface area contributed by atoms with Crippen molar-refractivity contribution in [2.75, 3.05) is 57.1 Å². The SMILES string of the molecule is CS(=O)(=O)N1CCN(C(=O)c2cc(Cl)c(O)c(Cl)c2)c2ccccc21.CS(=O)(=O)N1CCN(C(=O)c2cc(Cl)c(OCc3ccccc3)c(Cl)c2)c2ccccc21. The Balaban J connectivity index is 0.000000199. The van der Waals surface area contributed by atoms with Gasteiger partial charge in [0.1, 0.15) is 6.61 Å². The third-order valence-electron chi connectivity index (χ3n) is 8.96. The molecule has 2 amide bonds. The molecule has 2 aliphatic rings. The number of hydrogen-bond donors (Lipinski definition) is 1. The van der Waals surface area contributed by atoms with Crippen molar-refractivity contribution in [2.45, 2.75) is 6.61 Å². The van der Waals surface area contributed by atoms with Crippen molar-refractivity contribution in [3.63, 3.8) is 0 Å². The van der Waals surface area contributed by atoms with Gasteiger partial charge in [-0.05, 0) is 54.1 Å².